The molecular weight excluding hydrogens is 382 g/mol. The van der Waals surface area contributed by atoms with Crippen LogP contribution in [0.2, 0.25) is 0 Å². The van der Waals surface area contributed by atoms with Crippen LogP contribution in [0.15, 0.2) is 18.2 Å². The molecule has 29 heavy (non-hydrogen) atoms. The Balaban J connectivity index is 0.000000455. The van der Waals surface area contributed by atoms with Crippen molar-refractivity contribution in [1.29, 1.82) is 5.41 Å². The van der Waals surface area contributed by atoms with Crippen molar-refractivity contribution in [2.45, 2.75) is 59.5 Å². The van der Waals surface area contributed by atoms with Gasteiger partial charge in [-0.1, -0.05) is 34.6 Å². The second-order valence-electron chi connectivity index (χ2n) is 7.33. The van der Waals surface area contributed by atoms with Crippen LogP contribution in [0.4, 0.5) is 14.5 Å². The molecule has 1 aliphatic heterocycles. The summed E-state index contributed by atoms with van der Waals surface area (Å²) in [6.45, 7) is 10.6. The van der Waals surface area contributed by atoms with Gasteiger partial charge < -0.3 is 14.9 Å². The summed E-state index contributed by atoms with van der Waals surface area (Å²) in [5.74, 6) is -0.361. The van der Waals surface area contributed by atoms with Gasteiger partial charge in [0.05, 0.1) is 24.2 Å². The van der Waals surface area contributed by atoms with Gasteiger partial charge in [-0.05, 0) is 30.4 Å². The van der Waals surface area contributed by atoms with Crippen LogP contribution in [0.1, 0.15) is 58.9 Å². The molecule has 1 saturated heterocycles. The van der Waals surface area contributed by atoms with E-state index in [1.165, 1.54) is 19.2 Å². The Morgan fingerprint density at radius 3 is 2.38 bits per heavy atom. The largest absolute Gasteiger partial charge is 0.382 e. The molecule has 0 aliphatic carbocycles. The fraction of sp³-hybridized carbons (Fsp3) is 0.667. The van der Waals surface area contributed by atoms with E-state index in [0.717, 1.165) is 31.2 Å². The van der Waals surface area contributed by atoms with Gasteiger partial charge in [0.1, 0.15) is 12.5 Å². The van der Waals surface area contributed by atoms with Crippen molar-refractivity contribution in [1.82, 2.24) is 0 Å². The lowest BCUT2D eigenvalue weighted by molar-refractivity contribution is -0.385. The molecule has 1 fully saturated rings. The molecule has 2 rings (SSSR count). The van der Waals surface area contributed by atoms with Crippen LogP contribution in [-0.4, -0.2) is 43.7 Å². The molecule has 1 unspecified atom stereocenters. The first-order valence-corrected chi connectivity index (χ1v) is 9.74. The van der Waals surface area contributed by atoms with Gasteiger partial charge in [0.15, 0.2) is 0 Å². The zero-order valence-corrected chi connectivity index (χ0v) is 18.3. The van der Waals surface area contributed by atoms with Gasteiger partial charge in [-0.25, -0.2) is 8.78 Å². The molecule has 1 heterocycles. The first-order chi connectivity index (χ1) is 13.6. The van der Waals surface area contributed by atoms with E-state index >= 15 is 0 Å². The predicted molar refractivity (Wildman–Crippen MR) is 111 cm³/mol. The molecule has 1 N–H and O–H groups in total. The number of nitro groups is 1. The highest BCUT2D eigenvalue weighted by molar-refractivity contribution is 5.87. The summed E-state index contributed by atoms with van der Waals surface area (Å²) in [4.78, 5) is 9.95. The maximum atomic E-state index is 13.2. The summed E-state index contributed by atoms with van der Waals surface area (Å²) in [7, 11) is 1.47. The second-order valence-corrected chi connectivity index (χ2v) is 7.33. The smallest absolute Gasteiger partial charge is 0.269 e. The number of alkyl halides is 1. The molecule has 0 aromatic heterocycles. The molecule has 0 radical (unpaired) electrons. The summed E-state index contributed by atoms with van der Waals surface area (Å²) < 4.78 is 33.6. The summed E-state index contributed by atoms with van der Waals surface area (Å²) in [5, 5.41) is 18.1. The highest BCUT2D eigenvalue weighted by atomic mass is 19.1. The molecule has 8 heteroatoms. The third kappa shape index (κ3) is 9.41. The van der Waals surface area contributed by atoms with Crippen molar-refractivity contribution >= 4 is 11.4 Å². The van der Waals surface area contributed by atoms with Gasteiger partial charge in [0.2, 0.25) is 0 Å². The first kappa shape index (κ1) is 27.1. The molecule has 6 nitrogen and oxygen atoms in total. The minimum Gasteiger partial charge on any atom is -0.382 e. The van der Waals surface area contributed by atoms with Crippen molar-refractivity contribution in [3.63, 3.8) is 0 Å². The SMILES string of the molecule is CCC(=N)C(C)(C)C1CO1.CC[C@H](C)c1cc([N+](=O)[O-])ccc1F.COCCF. The third-order valence-corrected chi connectivity index (χ3v) is 4.88. The van der Waals surface area contributed by atoms with Crippen LogP contribution in [0, 0.1) is 26.8 Å². The van der Waals surface area contributed by atoms with E-state index < -0.39 is 4.92 Å². The number of epoxide rings is 1. The second kappa shape index (κ2) is 13.3. The standard InChI is InChI=1S/C10H12FNO2.C8H15NO.C3H7FO/c1-3-7(2)9-6-8(12(13)14)4-5-10(9)11;1-4-6(9)8(2,3)7-5-10-7;1-5-3-2-4/h4-7H,3H2,1-2H3;7,9H,4-5H2,1-3H3;2-3H2,1H3/t7-;;/m0../s1. The summed E-state index contributed by atoms with van der Waals surface area (Å²) in [6.07, 6.45) is 1.92. The van der Waals surface area contributed by atoms with Crippen LogP contribution in [0.3, 0.4) is 0 Å². The Labute approximate surface area is 172 Å². The normalized spacial score (nSPS) is 15.9. The molecule has 1 aromatic carbocycles. The average Bonchev–Trinajstić information content (AvgIpc) is 3.54. The molecule has 1 aliphatic rings. The first-order valence-electron chi connectivity index (χ1n) is 9.74. The summed E-state index contributed by atoms with van der Waals surface area (Å²) >= 11 is 0. The molecule has 0 spiro atoms. The molecule has 166 valence electrons. The van der Waals surface area contributed by atoms with E-state index in [1.807, 2.05) is 20.8 Å². The highest BCUT2D eigenvalue weighted by Crippen LogP contribution is 2.33. The van der Waals surface area contributed by atoms with Crippen LogP contribution >= 0.6 is 0 Å². The number of halogens is 2. The Bertz CT molecular complexity index is 648. The molecule has 2 atom stereocenters. The number of methoxy groups -OCH3 is 1. The number of hydrogen-bond acceptors (Lipinski definition) is 5. The van der Waals surface area contributed by atoms with Gasteiger partial charge in [-0.2, -0.15) is 0 Å². The quantitative estimate of drug-likeness (QED) is 0.255. The minimum atomic E-state index is -0.509. The molecular formula is C21H34F2N2O4. The highest BCUT2D eigenvalue weighted by Gasteiger charge is 2.41. The number of nitro benzene ring substituents is 1. The number of non-ortho nitro benzene ring substituents is 1. The number of ether oxygens (including phenoxy) is 2. The van der Waals surface area contributed by atoms with Crippen molar-refractivity contribution in [2.75, 3.05) is 27.0 Å². The number of nitrogens with one attached hydrogen (secondary N) is 1. The van der Waals surface area contributed by atoms with Crippen LogP contribution in [0.5, 0.6) is 0 Å². The maximum absolute atomic E-state index is 13.2. The average molecular weight is 417 g/mol. The van der Waals surface area contributed by atoms with Crippen LogP contribution in [0.25, 0.3) is 0 Å². The Morgan fingerprint density at radius 1 is 1.45 bits per heavy atom. The van der Waals surface area contributed by atoms with Crippen molar-refractivity contribution < 1.29 is 23.2 Å². The van der Waals surface area contributed by atoms with E-state index in [0.29, 0.717) is 11.7 Å². The van der Waals surface area contributed by atoms with Gasteiger partial charge >= 0.3 is 0 Å². The molecule has 0 amide bonds. The van der Waals surface area contributed by atoms with E-state index in [-0.39, 0.29) is 36.1 Å². The van der Waals surface area contributed by atoms with E-state index in [9.17, 15) is 18.9 Å². The third-order valence-electron chi connectivity index (χ3n) is 4.88. The molecule has 0 bridgehead atoms. The predicted octanol–water partition coefficient (Wildman–Crippen LogP) is 5.69. The zero-order chi connectivity index (χ0) is 22.6. The van der Waals surface area contributed by atoms with Crippen molar-refractivity contribution in [3.8, 4) is 0 Å². The van der Waals surface area contributed by atoms with Gasteiger partial charge in [-0.3, -0.25) is 10.1 Å². The lowest BCUT2D eigenvalue weighted by Crippen LogP contribution is -2.28. The van der Waals surface area contributed by atoms with Crippen molar-refractivity contribution in [3.05, 3.63) is 39.7 Å². The monoisotopic (exact) mass is 416 g/mol. The lowest BCUT2D eigenvalue weighted by Gasteiger charge is -2.22. The lowest BCUT2D eigenvalue weighted by atomic mass is 9.83. The topological polar surface area (TPSA) is 88.8 Å². The zero-order valence-electron chi connectivity index (χ0n) is 18.3. The number of rotatable bonds is 8. The van der Waals surface area contributed by atoms with E-state index in [2.05, 4.69) is 18.6 Å². The number of nitrogens with zero attached hydrogens (tertiary/aromatic N) is 1. The van der Waals surface area contributed by atoms with Gasteiger partial charge in [-0.15, -0.1) is 0 Å². The number of hydrogen-bond donors (Lipinski definition) is 1. The van der Waals surface area contributed by atoms with Crippen LogP contribution < -0.4 is 0 Å². The fourth-order valence-electron chi connectivity index (χ4n) is 2.43. The minimum absolute atomic E-state index is 0.00917. The van der Waals surface area contributed by atoms with Gasteiger partial charge in [0, 0.05) is 30.4 Å². The van der Waals surface area contributed by atoms with Crippen LogP contribution in [-0.2, 0) is 9.47 Å². The maximum Gasteiger partial charge on any atom is 0.269 e. The van der Waals surface area contributed by atoms with E-state index in [1.54, 1.807) is 0 Å². The van der Waals surface area contributed by atoms with E-state index in [4.69, 9.17) is 10.1 Å². The number of benzene rings is 1. The molecule has 0 saturated carbocycles. The van der Waals surface area contributed by atoms with Crippen molar-refractivity contribution in [2.24, 2.45) is 5.41 Å². The Hall–Kier alpha value is -1.93. The Morgan fingerprint density at radius 2 is 2.03 bits per heavy atom. The Kier molecular flexibility index (Phi) is 12.4. The summed E-state index contributed by atoms with van der Waals surface area (Å²) in [5.41, 5.74) is 1.15. The van der Waals surface area contributed by atoms with Gasteiger partial charge in [0.25, 0.3) is 5.69 Å². The molecule has 1 aromatic rings. The summed E-state index contributed by atoms with van der Waals surface area (Å²) in [6, 6.07) is 3.64. The fourth-order valence-corrected chi connectivity index (χ4v) is 2.43.